The topological polar surface area (TPSA) is 87.3 Å². The van der Waals surface area contributed by atoms with Gasteiger partial charge in [-0.2, -0.15) is 11.3 Å². The molecule has 4 rings (SSSR count). The summed E-state index contributed by atoms with van der Waals surface area (Å²) in [5, 5.41) is 12.5. The number of nitrogens with one attached hydrogen (secondary N) is 3. The van der Waals surface area contributed by atoms with Crippen molar-refractivity contribution in [3.63, 3.8) is 0 Å². The van der Waals surface area contributed by atoms with Gasteiger partial charge in [-0.1, -0.05) is 47.5 Å². The van der Waals surface area contributed by atoms with Gasteiger partial charge in [-0.3, -0.25) is 14.4 Å². The smallest absolute Gasteiger partial charge is 0.272 e. The van der Waals surface area contributed by atoms with Crippen molar-refractivity contribution >= 4 is 81.5 Å². The third-order valence-electron chi connectivity index (χ3n) is 5.34. The molecule has 6 nitrogen and oxygen atoms in total. The molecule has 3 amide bonds. The van der Waals surface area contributed by atoms with Gasteiger partial charge in [0.05, 0.1) is 16.0 Å². The van der Waals surface area contributed by atoms with Gasteiger partial charge in [-0.25, -0.2) is 0 Å². The fraction of sp³-hybridized carbons (Fsp3) is 0.0690. The summed E-state index contributed by atoms with van der Waals surface area (Å²) in [5.41, 5.74) is 2.28. The van der Waals surface area contributed by atoms with Crippen molar-refractivity contribution in [2.24, 2.45) is 0 Å². The number of benzene rings is 3. The summed E-state index contributed by atoms with van der Waals surface area (Å²) in [6, 6.07) is 22.5. The summed E-state index contributed by atoms with van der Waals surface area (Å²) < 4.78 is 0. The van der Waals surface area contributed by atoms with E-state index in [2.05, 4.69) is 16.0 Å². The number of anilines is 2. The lowest BCUT2D eigenvalue weighted by Gasteiger charge is -2.14. The standard InChI is InChI=1S/C29H23Cl2N3O3S2/c1-18(27(35)33-25-15-21(30)10-11-24(25)31)39-23-9-5-8-22(16-23)32-29(37)26(14-19-12-13-38-17-19)34-28(36)20-6-3-2-4-7-20/h2-18H,1H3,(H,32,37)(H,33,35)(H,34,36)/b26-14-. The lowest BCUT2D eigenvalue weighted by molar-refractivity contribution is -0.115. The van der Waals surface area contributed by atoms with Crippen LogP contribution in [0.3, 0.4) is 0 Å². The molecule has 198 valence electrons. The molecule has 1 aromatic heterocycles. The van der Waals surface area contributed by atoms with Crippen LogP contribution in [-0.2, 0) is 9.59 Å². The van der Waals surface area contributed by atoms with Crippen molar-refractivity contribution in [3.8, 4) is 0 Å². The van der Waals surface area contributed by atoms with E-state index >= 15 is 0 Å². The molecule has 39 heavy (non-hydrogen) atoms. The van der Waals surface area contributed by atoms with Gasteiger partial charge in [0.1, 0.15) is 5.70 Å². The fourth-order valence-corrected chi connectivity index (χ4v) is 5.28. The van der Waals surface area contributed by atoms with E-state index in [0.717, 1.165) is 10.5 Å². The summed E-state index contributed by atoms with van der Waals surface area (Å²) in [6.45, 7) is 1.77. The predicted octanol–water partition coefficient (Wildman–Crippen LogP) is 7.58. The molecular formula is C29H23Cl2N3O3S2. The van der Waals surface area contributed by atoms with E-state index in [9.17, 15) is 14.4 Å². The quantitative estimate of drug-likeness (QED) is 0.137. The Balaban J connectivity index is 1.45. The molecule has 0 aliphatic heterocycles. The highest BCUT2D eigenvalue weighted by molar-refractivity contribution is 8.00. The summed E-state index contributed by atoms with van der Waals surface area (Å²) in [6.07, 6.45) is 1.62. The number of hydrogen-bond donors (Lipinski definition) is 3. The van der Waals surface area contributed by atoms with Crippen molar-refractivity contribution in [1.82, 2.24) is 5.32 Å². The zero-order valence-electron chi connectivity index (χ0n) is 20.6. The molecule has 1 heterocycles. The zero-order valence-corrected chi connectivity index (χ0v) is 23.8. The van der Waals surface area contributed by atoms with Crippen LogP contribution in [0.4, 0.5) is 11.4 Å². The molecule has 0 bridgehead atoms. The maximum Gasteiger partial charge on any atom is 0.272 e. The number of thiophene rings is 1. The lowest BCUT2D eigenvalue weighted by atomic mass is 10.2. The average Bonchev–Trinajstić information content (AvgIpc) is 3.44. The average molecular weight is 597 g/mol. The molecule has 4 aromatic rings. The number of amides is 3. The minimum atomic E-state index is -0.478. The number of hydrogen-bond acceptors (Lipinski definition) is 5. The SMILES string of the molecule is CC(Sc1cccc(NC(=O)/C(=C/c2ccsc2)NC(=O)c2ccccc2)c1)C(=O)Nc1cc(Cl)ccc1Cl. The summed E-state index contributed by atoms with van der Waals surface area (Å²) in [4.78, 5) is 39.5. The lowest BCUT2D eigenvalue weighted by Crippen LogP contribution is -2.30. The van der Waals surface area contributed by atoms with Gasteiger partial charge in [0.25, 0.3) is 11.8 Å². The first-order chi connectivity index (χ1) is 18.8. The van der Waals surface area contributed by atoms with Gasteiger partial charge in [-0.05, 0) is 83.9 Å². The van der Waals surface area contributed by atoms with Crippen LogP contribution in [0.15, 0.2) is 100 Å². The maximum atomic E-state index is 13.2. The first kappa shape index (κ1) is 28.4. The van der Waals surface area contributed by atoms with Crippen LogP contribution in [0.1, 0.15) is 22.8 Å². The van der Waals surface area contributed by atoms with E-state index < -0.39 is 17.1 Å². The number of carbonyl (C=O) groups is 3. The zero-order chi connectivity index (χ0) is 27.8. The summed E-state index contributed by atoms with van der Waals surface area (Å²) in [5.74, 6) is -1.12. The molecule has 0 saturated heterocycles. The molecule has 10 heteroatoms. The van der Waals surface area contributed by atoms with Crippen LogP contribution in [0.5, 0.6) is 0 Å². The molecule has 0 radical (unpaired) electrons. The van der Waals surface area contributed by atoms with Gasteiger partial charge in [-0.15, -0.1) is 11.8 Å². The Hall–Kier alpha value is -3.56. The van der Waals surface area contributed by atoms with E-state index in [-0.39, 0.29) is 11.6 Å². The number of thioether (sulfide) groups is 1. The molecule has 3 aromatic carbocycles. The fourth-order valence-electron chi connectivity index (χ4n) is 3.40. The highest BCUT2D eigenvalue weighted by atomic mass is 35.5. The number of rotatable bonds is 9. The Labute approximate surface area is 244 Å². The van der Waals surface area contributed by atoms with Crippen LogP contribution >= 0.6 is 46.3 Å². The minimum Gasteiger partial charge on any atom is -0.324 e. The van der Waals surface area contributed by atoms with Gasteiger partial charge in [0.2, 0.25) is 5.91 Å². The van der Waals surface area contributed by atoms with Crippen molar-refractivity contribution in [3.05, 3.63) is 116 Å². The Kier molecular flexibility index (Phi) is 9.84. The van der Waals surface area contributed by atoms with Gasteiger partial charge >= 0.3 is 0 Å². The van der Waals surface area contributed by atoms with Crippen LogP contribution in [0.25, 0.3) is 6.08 Å². The Bertz CT molecular complexity index is 1510. The molecule has 1 unspecified atom stereocenters. The van der Waals surface area contributed by atoms with Gasteiger partial charge in [0, 0.05) is 21.2 Å². The van der Waals surface area contributed by atoms with E-state index in [1.54, 1.807) is 73.7 Å². The summed E-state index contributed by atoms with van der Waals surface area (Å²) in [7, 11) is 0. The molecule has 0 spiro atoms. The third-order valence-corrected chi connectivity index (χ3v) is 7.70. The first-order valence-corrected chi connectivity index (χ1v) is 14.3. The predicted molar refractivity (Wildman–Crippen MR) is 162 cm³/mol. The van der Waals surface area contributed by atoms with Crippen molar-refractivity contribution < 1.29 is 14.4 Å². The first-order valence-electron chi connectivity index (χ1n) is 11.7. The largest absolute Gasteiger partial charge is 0.324 e. The molecule has 3 N–H and O–H groups in total. The second-order valence-corrected chi connectivity index (χ2v) is 11.3. The Morgan fingerprint density at radius 2 is 1.72 bits per heavy atom. The van der Waals surface area contributed by atoms with Crippen molar-refractivity contribution in [2.45, 2.75) is 17.1 Å². The highest BCUT2D eigenvalue weighted by Crippen LogP contribution is 2.29. The molecule has 0 aliphatic rings. The molecular weight excluding hydrogens is 573 g/mol. The second-order valence-electron chi connectivity index (χ2n) is 8.29. The molecule has 1 atom stereocenters. The highest BCUT2D eigenvalue weighted by Gasteiger charge is 2.18. The Morgan fingerprint density at radius 1 is 0.923 bits per heavy atom. The van der Waals surface area contributed by atoms with E-state index in [0.29, 0.717) is 27.0 Å². The number of carbonyl (C=O) groups excluding carboxylic acids is 3. The Morgan fingerprint density at radius 3 is 2.46 bits per heavy atom. The number of halogens is 2. The van der Waals surface area contributed by atoms with Crippen LogP contribution in [-0.4, -0.2) is 23.0 Å². The van der Waals surface area contributed by atoms with Crippen molar-refractivity contribution in [2.75, 3.05) is 10.6 Å². The third kappa shape index (κ3) is 8.21. The van der Waals surface area contributed by atoms with Gasteiger partial charge < -0.3 is 16.0 Å². The summed E-state index contributed by atoms with van der Waals surface area (Å²) >= 11 is 15.0. The molecule has 0 fully saturated rings. The monoisotopic (exact) mass is 595 g/mol. The maximum absolute atomic E-state index is 13.2. The van der Waals surface area contributed by atoms with Crippen LogP contribution in [0, 0.1) is 0 Å². The van der Waals surface area contributed by atoms with E-state index in [1.807, 2.05) is 29.0 Å². The normalized spacial score (nSPS) is 11.9. The van der Waals surface area contributed by atoms with E-state index in [1.165, 1.54) is 23.1 Å². The molecule has 0 aliphatic carbocycles. The molecule has 0 saturated carbocycles. The van der Waals surface area contributed by atoms with Crippen LogP contribution in [0.2, 0.25) is 10.0 Å². The van der Waals surface area contributed by atoms with Gasteiger partial charge in [0.15, 0.2) is 0 Å². The van der Waals surface area contributed by atoms with Crippen molar-refractivity contribution in [1.29, 1.82) is 0 Å². The van der Waals surface area contributed by atoms with E-state index in [4.69, 9.17) is 23.2 Å². The second kappa shape index (κ2) is 13.5. The van der Waals surface area contributed by atoms with Crippen LogP contribution < -0.4 is 16.0 Å². The minimum absolute atomic E-state index is 0.103.